The third kappa shape index (κ3) is 6.01. The Labute approximate surface area is 194 Å². The average molecular weight is 505 g/mol. The smallest absolute Gasteiger partial charge is 0.474 e. The van der Waals surface area contributed by atoms with Gasteiger partial charge in [-0.2, -0.15) is 0 Å². The third-order valence-electron chi connectivity index (χ3n) is 3.85. The van der Waals surface area contributed by atoms with Crippen LogP contribution in [0.15, 0.2) is 92.4 Å². The van der Waals surface area contributed by atoms with Gasteiger partial charge in [0.05, 0.1) is 9.79 Å². The number of hydrogen-bond acceptors (Lipinski definition) is 10. The predicted molar refractivity (Wildman–Crippen MR) is 116 cm³/mol. The highest BCUT2D eigenvalue weighted by atomic mass is 32.2. The summed E-state index contributed by atoms with van der Waals surface area (Å²) in [5.41, 5.74) is 0. The zero-order chi connectivity index (χ0) is 25.2. The highest BCUT2D eigenvalue weighted by Crippen LogP contribution is 2.23. The average Bonchev–Trinajstić information content (AvgIpc) is 2.83. The summed E-state index contributed by atoms with van der Waals surface area (Å²) < 4.78 is 59.0. The van der Waals surface area contributed by atoms with E-state index < -0.39 is 54.8 Å². The molecule has 0 aliphatic carbocycles. The van der Waals surface area contributed by atoms with Crippen LogP contribution in [0.1, 0.15) is 0 Å². The van der Waals surface area contributed by atoms with Crippen LogP contribution in [0.3, 0.4) is 0 Å². The maximum Gasteiger partial charge on any atom is 0.558 e. The van der Waals surface area contributed by atoms with Gasteiger partial charge in [-0.05, 0) is 24.3 Å². The van der Waals surface area contributed by atoms with Gasteiger partial charge in [0.15, 0.2) is 23.2 Å². The molecule has 2 aromatic carbocycles. The molecule has 0 radical (unpaired) electrons. The lowest BCUT2D eigenvalue weighted by Gasteiger charge is -2.00. The topological polar surface area (TPSA) is 183 Å². The molecule has 0 amide bonds. The van der Waals surface area contributed by atoms with E-state index in [2.05, 4.69) is 21.8 Å². The fourth-order valence-electron chi connectivity index (χ4n) is 2.28. The summed E-state index contributed by atoms with van der Waals surface area (Å²) in [7, 11) is -8.75. The zero-order valence-electron chi connectivity index (χ0n) is 17.1. The second kappa shape index (κ2) is 11.3. The molecule has 0 saturated carbocycles. The molecular formula is C20H16N4O8S2+2. The van der Waals surface area contributed by atoms with Crippen LogP contribution in [-0.2, 0) is 29.1 Å². The molecule has 14 heteroatoms. The molecule has 0 bridgehead atoms. The van der Waals surface area contributed by atoms with Crippen molar-refractivity contribution in [3.05, 3.63) is 92.6 Å². The van der Waals surface area contributed by atoms with Crippen molar-refractivity contribution in [2.75, 3.05) is 13.2 Å². The van der Waals surface area contributed by atoms with E-state index in [1.165, 1.54) is 48.5 Å². The van der Waals surface area contributed by atoms with Crippen molar-refractivity contribution in [3.63, 3.8) is 0 Å². The molecule has 2 rings (SSSR count). The summed E-state index contributed by atoms with van der Waals surface area (Å²) in [4.78, 5) is 4.62. The van der Waals surface area contributed by atoms with Crippen molar-refractivity contribution in [1.82, 2.24) is 0 Å². The summed E-state index contributed by atoms with van der Waals surface area (Å²) in [6.45, 7) is -1.19. The minimum atomic E-state index is -4.37. The lowest BCUT2D eigenvalue weighted by atomic mass is 10.4. The number of diazo groups is 2. The van der Waals surface area contributed by atoms with E-state index in [0.29, 0.717) is 0 Å². The van der Waals surface area contributed by atoms with Gasteiger partial charge in [0.25, 0.3) is 19.7 Å². The van der Waals surface area contributed by atoms with Crippen molar-refractivity contribution >= 4 is 19.7 Å². The molecule has 2 N–H and O–H groups in total. The molecule has 0 fully saturated rings. The van der Waals surface area contributed by atoms with Gasteiger partial charge in [0.1, 0.15) is 0 Å². The fourth-order valence-corrected chi connectivity index (χ4v) is 4.55. The molecule has 0 aromatic heterocycles. The standard InChI is InChI=1S/C20H14N4O8S2/c21-23-17(33(27,28)15-9-3-1-4-10-15)19(25)31-13-7-8-14-32-20(26)18(24-22)34(29,30)16-11-5-2-6-12-16/h1-6,9-12H,13-14H2/p+2/b19-17+,20-18+. The van der Waals surface area contributed by atoms with Crippen LogP contribution >= 0.6 is 0 Å². The molecule has 0 heterocycles. The van der Waals surface area contributed by atoms with Gasteiger partial charge >= 0.3 is 21.9 Å². The number of benzene rings is 2. The Hall–Kier alpha value is -4.58. The van der Waals surface area contributed by atoms with E-state index in [1.54, 1.807) is 12.1 Å². The first-order chi connectivity index (χ1) is 16.2. The van der Waals surface area contributed by atoms with E-state index >= 15 is 0 Å². The van der Waals surface area contributed by atoms with Crippen LogP contribution in [0, 0.1) is 22.6 Å². The summed E-state index contributed by atoms with van der Waals surface area (Å²) in [6, 6.07) is 13.7. The van der Waals surface area contributed by atoms with Gasteiger partial charge in [-0.1, -0.05) is 48.2 Å². The Morgan fingerprint density at radius 2 is 1.03 bits per heavy atom. The summed E-state index contributed by atoms with van der Waals surface area (Å²) in [5, 5.41) is 35.4. The molecule has 34 heavy (non-hydrogen) atoms. The number of nitrogens with zero attached hydrogens (tertiary/aromatic N) is 4. The van der Waals surface area contributed by atoms with E-state index in [4.69, 9.17) is 20.3 Å². The number of ether oxygens (including phenoxy) is 2. The quantitative estimate of drug-likeness (QED) is 0.308. The van der Waals surface area contributed by atoms with Gasteiger partial charge in [-0.3, -0.25) is 0 Å². The zero-order valence-corrected chi connectivity index (χ0v) is 18.8. The fraction of sp³-hybridized carbons (Fsp3) is 0.100. The molecule has 0 atom stereocenters. The summed E-state index contributed by atoms with van der Waals surface area (Å²) in [6.07, 6.45) is 0. The molecule has 174 valence electrons. The number of hydrogen-bond donors (Lipinski definition) is 2. The highest BCUT2D eigenvalue weighted by Gasteiger charge is 2.40. The minimum absolute atomic E-state index is 0.254. The lowest BCUT2D eigenvalue weighted by Crippen LogP contribution is -2.08. The largest absolute Gasteiger partial charge is 0.558 e. The first-order valence-electron chi connectivity index (χ1n) is 9.04. The van der Waals surface area contributed by atoms with Crippen LogP contribution in [0.5, 0.6) is 0 Å². The van der Waals surface area contributed by atoms with Crippen molar-refractivity contribution in [1.29, 1.82) is 10.8 Å². The highest BCUT2D eigenvalue weighted by molar-refractivity contribution is 7.95. The van der Waals surface area contributed by atoms with Crippen LogP contribution in [0.4, 0.5) is 0 Å². The van der Waals surface area contributed by atoms with Gasteiger partial charge in [-0.15, -0.1) is 0 Å². The van der Waals surface area contributed by atoms with E-state index in [1.807, 2.05) is 0 Å². The third-order valence-corrected chi connectivity index (χ3v) is 7.17. The molecule has 2 aromatic rings. The molecule has 0 saturated heterocycles. The van der Waals surface area contributed by atoms with Crippen LogP contribution in [0.25, 0.3) is 9.95 Å². The minimum Gasteiger partial charge on any atom is -0.474 e. The number of sulfone groups is 2. The number of rotatable bonds is 8. The van der Waals surface area contributed by atoms with Gasteiger partial charge in [0.2, 0.25) is 10.8 Å². The summed E-state index contributed by atoms with van der Waals surface area (Å²) in [5.74, 6) is 2.12. The van der Waals surface area contributed by atoms with Gasteiger partial charge in [0, 0.05) is 0 Å². The number of aliphatic hydroxyl groups is 2. The van der Waals surface area contributed by atoms with Crippen molar-refractivity contribution in [2.24, 2.45) is 0 Å². The Morgan fingerprint density at radius 3 is 1.32 bits per heavy atom. The van der Waals surface area contributed by atoms with E-state index in [9.17, 15) is 27.0 Å². The van der Waals surface area contributed by atoms with Gasteiger partial charge in [-0.25, -0.2) is 16.8 Å². The number of aliphatic hydroxyl groups excluding tert-OH is 2. The second-order valence-electron chi connectivity index (χ2n) is 5.98. The van der Waals surface area contributed by atoms with Crippen LogP contribution < -0.4 is 0 Å². The molecule has 0 aliphatic rings. The van der Waals surface area contributed by atoms with Crippen LogP contribution in [0.2, 0.25) is 0 Å². The Kier molecular flexibility index (Phi) is 8.56. The molecule has 0 spiro atoms. The molecule has 0 unspecified atom stereocenters. The van der Waals surface area contributed by atoms with Crippen molar-refractivity contribution in [3.8, 4) is 11.8 Å². The Bertz CT molecular complexity index is 1350. The Morgan fingerprint density at radius 1 is 0.706 bits per heavy atom. The van der Waals surface area contributed by atoms with E-state index in [-0.39, 0.29) is 9.79 Å². The monoisotopic (exact) mass is 504 g/mol. The normalized spacial score (nSPS) is 12.5. The van der Waals surface area contributed by atoms with Crippen molar-refractivity contribution < 1.29 is 36.5 Å². The predicted octanol–water partition coefficient (Wildman–Crippen LogP) is 3.05. The first-order valence-corrected chi connectivity index (χ1v) is 12.0. The lowest BCUT2D eigenvalue weighted by molar-refractivity contribution is 0.110. The maximum atomic E-state index is 12.4. The molecular weight excluding hydrogens is 488 g/mol. The van der Waals surface area contributed by atoms with E-state index in [0.717, 1.165) is 0 Å². The summed E-state index contributed by atoms with van der Waals surface area (Å²) >= 11 is 0. The maximum absolute atomic E-state index is 12.4. The van der Waals surface area contributed by atoms with Crippen molar-refractivity contribution in [2.45, 2.75) is 9.79 Å². The Balaban J connectivity index is 2.06. The molecule has 12 nitrogen and oxygen atoms in total. The van der Waals surface area contributed by atoms with Gasteiger partial charge < -0.3 is 19.7 Å². The van der Waals surface area contributed by atoms with Crippen LogP contribution in [-0.4, -0.2) is 40.3 Å². The second-order valence-corrected chi connectivity index (χ2v) is 9.71. The molecule has 0 aliphatic heterocycles. The SMILES string of the molecule is N#[N+]/C(=C(/O)OCC#CCO/C(O)=C(\[N+]#N)S(=O)(=O)c1ccccc1)S(=O)(=O)c1ccccc1. The first kappa shape index (κ1) is 25.7.